The lowest BCUT2D eigenvalue weighted by Gasteiger charge is -2.41. The summed E-state index contributed by atoms with van der Waals surface area (Å²) in [6, 6.07) is 0. The maximum Gasteiger partial charge on any atom is 0.460 e. The van der Waals surface area contributed by atoms with Crippen LogP contribution in [0.1, 0.15) is 32.1 Å². The Balaban J connectivity index is 5.97. The van der Waals surface area contributed by atoms with E-state index >= 15 is 0 Å². The number of alkyl halides is 16. The molecule has 29 heavy (non-hydrogen) atoms. The molecule has 0 aliphatic rings. The van der Waals surface area contributed by atoms with Crippen LogP contribution in [0.4, 0.5) is 65.9 Å². The SMILES string of the molecule is FC(F)(F)C(F)(F)C(F)(F)C(F)(F)C(F)(F)C(F)(F)C(F)(F)CCCCCCBr. The van der Waals surface area contributed by atoms with E-state index in [9.17, 15) is 65.9 Å². The molecule has 0 spiro atoms. The Morgan fingerprint density at radius 2 is 0.759 bits per heavy atom. The Morgan fingerprint density at radius 1 is 0.414 bits per heavy atom. The van der Waals surface area contributed by atoms with E-state index < -0.39 is 54.6 Å². The molecule has 0 aromatic carbocycles. The molecule has 0 bridgehead atoms. The molecule has 0 nitrogen and oxygen atoms in total. The molecule has 0 rings (SSSR count). The fraction of sp³-hybridized carbons (Fsp3) is 1.00. The molecule has 0 atom stereocenters. The van der Waals surface area contributed by atoms with Crippen LogP contribution in [0, 0.1) is 0 Å². The van der Waals surface area contributed by atoms with Gasteiger partial charge in [0.15, 0.2) is 0 Å². The second-order valence-electron chi connectivity index (χ2n) is 5.93. The normalized spacial score (nSPS) is 15.7. The smallest absolute Gasteiger partial charge is 0.200 e. The van der Waals surface area contributed by atoms with E-state index in [0.717, 1.165) is 0 Å². The highest BCUT2D eigenvalue weighted by Gasteiger charge is 2.93. The highest BCUT2D eigenvalue weighted by atomic mass is 79.9. The number of unbranched alkanes of at least 4 members (excludes halogenated alkanes) is 3. The molecular formula is C13H12BrF15. The van der Waals surface area contributed by atoms with Crippen LogP contribution in [-0.2, 0) is 0 Å². The van der Waals surface area contributed by atoms with E-state index in [1.165, 1.54) is 0 Å². The van der Waals surface area contributed by atoms with Gasteiger partial charge < -0.3 is 0 Å². The molecule has 0 saturated heterocycles. The molecule has 16 heteroatoms. The van der Waals surface area contributed by atoms with Gasteiger partial charge in [-0.15, -0.1) is 0 Å². The van der Waals surface area contributed by atoms with Crippen LogP contribution in [-0.4, -0.2) is 47.0 Å². The van der Waals surface area contributed by atoms with Crippen LogP contribution >= 0.6 is 15.9 Å². The van der Waals surface area contributed by atoms with Crippen molar-refractivity contribution in [1.82, 2.24) is 0 Å². The largest absolute Gasteiger partial charge is 0.460 e. The van der Waals surface area contributed by atoms with E-state index in [0.29, 0.717) is 11.8 Å². The first kappa shape index (κ1) is 28.4. The van der Waals surface area contributed by atoms with Crippen LogP contribution in [0.3, 0.4) is 0 Å². The molecule has 0 fully saturated rings. The van der Waals surface area contributed by atoms with E-state index in [-0.39, 0.29) is 12.8 Å². The molecule has 0 saturated carbocycles. The first-order valence-corrected chi connectivity index (χ1v) is 8.58. The molecule has 0 N–H and O–H groups in total. The Labute approximate surface area is 161 Å². The molecule has 0 aromatic heterocycles. The second kappa shape index (κ2) is 8.52. The Kier molecular flexibility index (Phi) is 8.35. The van der Waals surface area contributed by atoms with Crippen molar-refractivity contribution in [2.75, 3.05) is 5.33 Å². The van der Waals surface area contributed by atoms with Crippen molar-refractivity contribution in [1.29, 1.82) is 0 Å². The fourth-order valence-electron chi connectivity index (χ4n) is 1.95. The van der Waals surface area contributed by atoms with Gasteiger partial charge in [0.2, 0.25) is 0 Å². The van der Waals surface area contributed by atoms with E-state index in [4.69, 9.17) is 0 Å². The van der Waals surface area contributed by atoms with Gasteiger partial charge in [-0.3, -0.25) is 0 Å². The van der Waals surface area contributed by atoms with Crippen molar-refractivity contribution in [2.24, 2.45) is 0 Å². The zero-order chi connectivity index (χ0) is 23.7. The summed E-state index contributed by atoms with van der Waals surface area (Å²) in [7, 11) is 0. The van der Waals surface area contributed by atoms with Gasteiger partial charge in [0.05, 0.1) is 0 Å². The average Bonchev–Trinajstić information content (AvgIpc) is 2.52. The summed E-state index contributed by atoms with van der Waals surface area (Å²) in [6.07, 6.45) is -10.7. The molecule has 0 heterocycles. The van der Waals surface area contributed by atoms with Crippen LogP contribution in [0.15, 0.2) is 0 Å². The highest BCUT2D eigenvalue weighted by molar-refractivity contribution is 9.09. The maximum absolute atomic E-state index is 13.4. The van der Waals surface area contributed by atoms with Crippen LogP contribution in [0.5, 0.6) is 0 Å². The van der Waals surface area contributed by atoms with Crippen molar-refractivity contribution < 1.29 is 65.9 Å². The third-order valence-electron chi connectivity index (χ3n) is 3.77. The van der Waals surface area contributed by atoms with Gasteiger partial charge in [-0.25, -0.2) is 0 Å². The van der Waals surface area contributed by atoms with Gasteiger partial charge in [0, 0.05) is 11.8 Å². The highest BCUT2D eigenvalue weighted by Crippen LogP contribution is 2.62. The van der Waals surface area contributed by atoms with Crippen LogP contribution < -0.4 is 0 Å². The standard InChI is InChI=1S/C13H12BrF15/c14-6-4-2-1-3-5-7(15,16)8(17,18)9(19,20)10(21,22)11(23,24)12(25,26)13(27,28)29/h1-6H2. The first-order valence-electron chi connectivity index (χ1n) is 7.46. The van der Waals surface area contributed by atoms with E-state index in [2.05, 4.69) is 15.9 Å². The number of rotatable bonds is 11. The van der Waals surface area contributed by atoms with Crippen LogP contribution in [0.25, 0.3) is 0 Å². The summed E-state index contributed by atoms with van der Waals surface area (Å²) in [4.78, 5) is 0. The van der Waals surface area contributed by atoms with E-state index in [1.807, 2.05) is 0 Å². The average molecular weight is 533 g/mol. The lowest BCUT2D eigenvalue weighted by Crippen LogP contribution is -2.72. The van der Waals surface area contributed by atoms with Gasteiger partial charge >= 0.3 is 41.7 Å². The summed E-state index contributed by atoms with van der Waals surface area (Å²) in [5, 5.41) is 0.340. The van der Waals surface area contributed by atoms with Crippen molar-refractivity contribution in [3.8, 4) is 0 Å². The summed E-state index contributed by atoms with van der Waals surface area (Å²) in [6.45, 7) is 0. The van der Waals surface area contributed by atoms with Gasteiger partial charge in [0.1, 0.15) is 0 Å². The molecular weight excluding hydrogens is 521 g/mol. The quantitative estimate of drug-likeness (QED) is 0.145. The summed E-state index contributed by atoms with van der Waals surface area (Å²) >= 11 is 2.91. The Hall–Kier alpha value is -0.570. The number of hydrogen-bond acceptors (Lipinski definition) is 0. The minimum Gasteiger partial charge on any atom is -0.200 e. The van der Waals surface area contributed by atoms with Gasteiger partial charge in [0.25, 0.3) is 0 Å². The molecule has 0 aliphatic carbocycles. The molecule has 0 unspecified atom stereocenters. The Bertz CT molecular complexity index is 537. The molecule has 0 radical (unpaired) electrons. The lowest BCUT2D eigenvalue weighted by atomic mass is 9.89. The molecule has 0 aliphatic heterocycles. The molecule has 176 valence electrons. The third kappa shape index (κ3) is 4.70. The minimum atomic E-state index is -8.21. The van der Waals surface area contributed by atoms with Crippen molar-refractivity contribution >= 4 is 15.9 Å². The monoisotopic (exact) mass is 532 g/mol. The molecule has 0 amide bonds. The van der Waals surface area contributed by atoms with Crippen molar-refractivity contribution in [2.45, 2.75) is 73.8 Å². The minimum absolute atomic E-state index is 0.0926. The van der Waals surface area contributed by atoms with Crippen molar-refractivity contribution in [3.63, 3.8) is 0 Å². The first-order chi connectivity index (χ1) is 12.6. The summed E-state index contributed by atoms with van der Waals surface area (Å²) in [5.41, 5.74) is 0. The molecule has 0 aromatic rings. The summed E-state index contributed by atoms with van der Waals surface area (Å²) in [5.74, 6) is -45.8. The predicted molar refractivity (Wildman–Crippen MR) is 72.6 cm³/mol. The number of hydrogen-bond donors (Lipinski definition) is 0. The zero-order valence-electron chi connectivity index (χ0n) is 13.8. The third-order valence-corrected chi connectivity index (χ3v) is 4.33. The van der Waals surface area contributed by atoms with E-state index in [1.54, 1.807) is 0 Å². The maximum atomic E-state index is 13.4. The Morgan fingerprint density at radius 3 is 1.14 bits per heavy atom. The van der Waals surface area contributed by atoms with Gasteiger partial charge in [-0.05, 0) is 12.8 Å². The fourth-order valence-corrected chi connectivity index (χ4v) is 2.35. The van der Waals surface area contributed by atoms with Gasteiger partial charge in [-0.1, -0.05) is 28.8 Å². The van der Waals surface area contributed by atoms with Gasteiger partial charge in [-0.2, -0.15) is 65.9 Å². The van der Waals surface area contributed by atoms with Crippen molar-refractivity contribution in [3.05, 3.63) is 0 Å². The topological polar surface area (TPSA) is 0 Å². The number of halogens is 16. The van der Waals surface area contributed by atoms with Crippen LogP contribution in [0.2, 0.25) is 0 Å². The zero-order valence-corrected chi connectivity index (χ0v) is 15.4. The lowest BCUT2D eigenvalue weighted by molar-refractivity contribution is -0.452. The summed E-state index contributed by atoms with van der Waals surface area (Å²) < 4.78 is 194. The second-order valence-corrected chi connectivity index (χ2v) is 6.72. The predicted octanol–water partition coefficient (Wildman–Crippen LogP) is 7.71.